The summed E-state index contributed by atoms with van der Waals surface area (Å²) < 4.78 is 10.9. The summed E-state index contributed by atoms with van der Waals surface area (Å²) in [6.07, 6.45) is 2.54. The van der Waals surface area contributed by atoms with Gasteiger partial charge in [-0.1, -0.05) is 42.5 Å². The van der Waals surface area contributed by atoms with Crippen molar-refractivity contribution in [3.8, 4) is 11.6 Å². The molecule has 0 saturated carbocycles. The van der Waals surface area contributed by atoms with E-state index in [1.807, 2.05) is 25.1 Å². The monoisotopic (exact) mass is 375 g/mol. The predicted molar refractivity (Wildman–Crippen MR) is 111 cm³/mol. The second-order valence-corrected chi connectivity index (χ2v) is 6.31. The lowest BCUT2D eigenvalue weighted by Gasteiger charge is -2.08. The maximum atomic E-state index is 7.75. The van der Waals surface area contributed by atoms with Gasteiger partial charge in [0.1, 0.15) is 5.75 Å². The lowest BCUT2D eigenvalue weighted by Crippen LogP contribution is -2.16. The predicted octanol–water partition coefficient (Wildman–Crippen LogP) is 4.57. The van der Waals surface area contributed by atoms with Crippen LogP contribution in [0.5, 0.6) is 11.6 Å². The molecule has 0 aliphatic rings. The number of nitrogens with one attached hydrogen (secondary N) is 2. The molecule has 0 fully saturated rings. The lowest BCUT2D eigenvalue weighted by molar-refractivity contribution is 0.325. The molecule has 1 aromatic heterocycles. The van der Waals surface area contributed by atoms with Crippen molar-refractivity contribution in [3.05, 3.63) is 89.6 Å². The highest BCUT2D eigenvalue weighted by atomic mass is 16.5. The Balaban J connectivity index is 1.45. The third kappa shape index (κ3) is 5.93. The van der Waals surface area contributed by atoms with Crippen molar-refractivity contribution in [2.45, 2.75) is 19.9 Å². The van der Waals surface area contributed by atoms with Crippen molar-refractivity contribution in [1.29, 1.82) is 5.41 Å². The summed E-state index contributed by atoms with van der Waals surface area (Å²) in [7, 11) is 0. The van der Waals surface area contributed by atoms with E-state index in [1.54, 1.807) is 18.3 Å². The molecule has 0 amide bonds. The molecule has 0 atom stereocenters. The Morgan fingerprint density at radius 2 is 1.75 bits per heavy atom. The number of benzene rings is 2. The largest absolute Gasteiger partial charge is 0.478 e. The molecular weight excluding hydrogens is 350 g/mol. The zero-order valence-corrected chi connectivity index (χ0v) is 16.0. The molecule has 5 heteroatoms. The minimum absolute atomic E-state index is 0.117. The zero-order valence-electron chi connectivity index (χ0n) is 16.0. The van der Waals surface area contributed by atoms with E-state index >= 15 is 0 Å². The number of hydrogen-bond acceptors (Lipinski definition) is 5. The number of hydrogen-bond donors (Lipinski definition) is 2. The van der Waals surface area contributed by atoms with Gasteiger partial charge in [0.2, 0.25) is 11.8 Å². The highest BCUT2D eigenvalue weighted by molar-refractivity contribution is 5.91. The lowest BCUT2D eigenvalue weighted by atomic mass is 10.1. The van der Waals surface area contributed by atoms with Crippen LogP contribution in [0.25, 0.3) is 0 Å². The summed E-state index contributed by atoms with van der Waals surface area (Å²) in [5, 5.41) is 11.2. The summed E-state index contributed by atoms with van der Waals surface area (Å²) in [4.78, 5) is 4.24. The zero-order chi connectivity index (χ0) is 19.6. The van der Waals surface area contributed by atoms with Crippen molar-refractivity contribution in [1.82, 2.24) is 10.3 Å². The normalized spacial score (nSPS) is 10.5. The van der Waals surface area contributed by atoms with Gasteiger partial charge in [-0.2, -0.15) is 0 Å². The molecule has 0 aliphatic carbocycles. The van der Waals surface area contributed by atoms with E-state index in [4.69, 9.17) is 14.9 Å². The van der Waals surface area contributed by atoms with E-state index < -0.39 is 0 Å². The van der Waals surface area contributed by atoms with E-state index in [0.717, 1.165) is 25.3 Å². The third-order valence-electron chi connectivity index (χ3n) is 4.20. The minimum Gasteiger partial charge on any atom is -0.478 e. The SMILES string of the molecule is CCOC(=N)c1ccc(Oc2ccc(CCNCc3ccccc3)cc2)nc1. The average molecular weight is 375 g/mol. The molecule has 0 radical (unpaired) electrons. The Kier molecular flexibility index (Phi) is 7.15. The molecule has 0 spiro atoms. The molecular formula is C23H25N3O2. The summed E-state index contributed by atoms with van der Waals surface area (Å²) in [5.74, 6) is 1.35. The van der Waals surface area contributed by atoms with Crippen LogP contribution in [0.15, 0.2) is 72.9 Å². The summed E-state index contributed by atoms with van der Waals surface area (Å²) in [6.45, 7) is 4.11. The van der Waals surface area contributed by atoms with E-state index in [0.29, 0.717) is 18.1 Å². The van der Waals surface area contributed by atoms with Crippen LogP contribution >= 0.6 is 0 Å². The molecule has 0 bridgehead atoms. The number of rotatable bonds is 9. The van der Waals surface area contributed by atoms with Gasteiger partial charge in [-0.05, 0) is 49.2 Å². The number of ether oxygens (including phenoxy) is 2. The van der Waals surface area contributed by atoms with Crippen molar-refractivity contribution in [2.75, 3.05) is 13.2 Å². The molecule has 0 saturated heterocycles. The maximum absolute atomic E-state index is 7.75. The van der Waals surface area contributed by atoms with Crippen LogP contribution in [0.3, 0.4) is 0 Å². The molecule has 28 heavy (non-hydrogen) atoms. The first-order chi connectivity index (χ1) is 13.7. The van der Waals surface area contributed by atoms with Crippen LogP contribution in [0.2, 0.25) is 0 Å². The fourth-order valence-corrected chi connectivity index (χ4v) is 2.71. The Morgan fingerprint density at radius 1 is 0.964 bits per heavy atom. The van der Waals surface area contributed by atoms with Gasteiger partial charge in [-0.3, -0.25) is 5.41 Å². The molecule has 3 aromatic rings. The maximum Gasteiger partial charge on any atom is 0.219 e. The Morgan fingerprint density at radius 3 is 2.43 bits per heavy atom. The van der Waals surface area contributed by atoms with Crippen molar-refractivity contribution < 1.29 is 9.47 Å². The van der Waals surface area contributed by atoms with Crippen LogP contribution in [0.1, 0.15) is 23.6 Å². The molecule has 1 heterocycles. The second kappa shape index (κ2) is 10.2. The summed E-state index contributed by atoms with van der Waals surface area (Å²) in [6, 6.07) is 21.9. The number of pyridine rings is 1. The Bertz CT molecular complexity index is 863. The molecule has 5 nitrogen and oxygen atoms in total. The van der Waals surface area contributed by atoms with Crippen molar-refractivity contribution in [2.24, 2.45) is 0 Å². The topological polar surface area (TPSA) is 67.2 Å². The Labute approximate surface area is 165 Å². The van der Waals surface area contributed by atoms with Crippen molar-refractivity contribution >= 4 is 5.90 Å². The minimum atomic E-state index is 0.117. The van der Waals surface area contributed by atoms with Gasteiger partial charge in [0.05, 0.1) is 12.2 Å². The molecule has 2 N–H and O–H groups in total. The third-order valence-corrected chi connectivity index (χ3v) is 4.20. The van der Waals surface area contributed by atoms with Crippen molar-refractivity contribution in [3.63, 3.8) is 0 Å². The van der Waals surface area contributed by atoms with Crippen LogP contribution in [-0.4, -0.2) is 24.0 Å². The number of aromatic nitrogens is 1. The van der Waals surface area contributed by atoms with Gasteiger partial charge in [0.25, 0.3) is 0 Å². The molecule has 2 aromatic carbocycles. The smallest absolute Gasteiger partial charge is 0.219 e. The molecule has 3 rings (SSSR count). The van der Waals surface area contributed by atoms with Gasteiger partial charge in [0.15, 0.2) is 0 Å². The van der Waals surface area contributed by atoms with Gasteiger partial charge in [0, 0.05) is 18.8 Å². The molecule has 0 aliphatic heterocycles. The van der Waals surface area contributed by atoms with E-state index in [9.17, 15) is 0 Å². The van der Waals surface area contributed by atoms with Crippen LogP contribution < -0.4 is 10.1 Å². The van der Waals surface area contributed by atoms with E-state index in [1.165, 1.54) is 11.1 Å². The van der Waals surface area contributed by atoms with Gasteiger partial charge >= 0.3 is 0 Å². The van der Waals surface area contributed by atoms with E-state index in [2.05, 4.69) is 46.7 Å². The molecule has 0 unspecified atom stereocenters. The van der Waals surface area contributed by atoms with Crippen LogP contribution in [0, 0.1) is 5.41 Å². The fourth-order valence-electron chi connectivity index (χ4n) is 2.71. The summed E-state index contributed by atoms with van der Waals surface area (Å²) in [5.41, 5.74) is 3.18. The fraction of sp³-hybridized carbons (Fsp3) is 0.217. The van der Waals surface area contributed by atoms with Crippen LogP contribution in [-0.2, 0) is 17.7 Å². The average Bonchev–Trinajstić information content (AvgIpc) is 2.74. The highest BCUT2D eigenvalue weighted by Gasteiger charge is 2.04. The first-order valence-electron chi connectivity index (χ1n) is 9.44. The first kappa shape index (κ1) is 19.6. The molecule has 144 valence electrons. The first-order valence-corrected chi connectivity index (χ1v) is 9.44. The standard InChI is InChI=1S/C23H25N3O2/c1-2-27-23(24)20-10-13-22(26-17-20)28-21-11-8-18(9-12-21)14-15-25-16-19-6-4-3-5-7-19/h3-13,17,24-25H,2,14-16H2,1H3. The number of nitrogens with zero attached hydrogens (tertiary/aromatic N) is 1. The van der Waals surface area contributed by atoms with Gasteiger partial charge < -0.3 is 14.8 Å². The Hall–Kier alpha value is -3.18. The highest BCUT2D eigenvalue weighted by Crippen LogP contribution is 2.20. The van der Waals surface area contributed by atoms with Crippen LogP contribution in [0.4, 0.5) is 0 Å². The van der Waals surface area contributed by atoms with E-state index in [-0.39, 0.29) is 5.90 Å². The van der Waals surface area contributed by atoms with Gasteiger partial charge in [-0.15, -0.1) is 0 Å². The second-order valence-electron chi connectivity index (χ2n) is 6.31. The summed E-state index contributed by atoms with van der Waals surface area (Å²) >= 11 is 0. The quantitative estimate of drug-likeness (QED) is 0.327. The van der Waals surface area contributed by atoms with Gasteiger partial charge in [-0.25, -0.2) is 4.98 Å².